The van der Waals surface area contributed by atoms with Gasteiger partial charge in [0.15, 0.2) is 5.69 Å². The van der Waals surface area contributed by atoms with Crippen LogP contribution in [0.4, 0.5) is 0 Å². The summed E-state index contributed by atoms with van der Waals surface area (Å²) in [5, 5.41) is 11.6. The number of aromatic nitrogens is 3. The Morgan fingerprint density at radius 3 is 2.64 bits per heavy atom. The number of rotatable bonds is 4. The molecule has 0 spiro atoms. The molecule has 2 aromatic rings. The van der Waals surface area contributed by atoms with E-state index >= 15 is 0 Å². The minimum atomic E-state index is -0.107. The van der Waals surface area contributed by atoms with Crippen molar-refractivity contribution in [2.75, 3.05) is 13.1 Å². The fourth-order valence-corrected chi connectivity index (χ4v) is 4.66. The van der Waals surface area contributed by atoms with Gasteiger partial charge in [-0.2, -0.15) is 0 Å². The highest BCUT2D eigenvalue weighted by Crippen LogP contribution is 2.25. The number of hydrogen-bond acceptors (Lipinski definition) is 4. The molecule has 0 bridgehead atoms. The zero-order valence-corrected chi connectivity index (χ0v) is 17.0. The van der Waals surface area contributed by atoms with Crippen LogP contribution in [-0.2, 0) is 0 Å². The molecule has 1 aromatic heterocycles. The van der Waals surface area contributed by atoms with Crippen molar-refractivity contribution in [3.63, 3.8) is 0 Å². The van der Waals surface area contributed by atoms with Crippen LogP contribution in [0.3, 0.4) is 0 Å². The monoisotopic (exact) mass is 381 g/mol. The zero-order valence-electron chi connectivity index (χ0n) is 17.0. The standard InChI is InChI=1S/C22H31N5O/c1-16-8-7-11-20(14-16)27-17(2)21(24-25-27)22(28)23-18-12-13-26(15-18)19-9-5-3-4-6-10-19/h7-8,11,14,18-19H,3-6,9-10,12-13,15H2,1-2H3,(H,23,28). The molecule has 1 atom stereocenters. The molecule has 1 N–H and O–H groups in total. The first-order chi connectivity index (χ1) is 13.6. The lowest BCUT2D eigenvalue weighted by Gasteiger charge is -2.26. The average molecular weight is 382 g/mol. The second kappa shape index (κ2) is 8.43. The van der Waals surface area contributed by atoms with E-state index in [1.54, 1.807) is 4.68 Å². The third kappa shape index (κ3) is 4.12. The van der Waals surface area contributed by atoms with Gasteiger partial charge in [-0.15, -0.1) is 5.10 Å². The minimum absolute atomic E-state index is 0.107. The van der Waals surface area contributed by atoms with Crippen molar-refractivity contribution in [1.82, 2.24) is 25.2 Å². The maximum Gasteiger partial charge on any atom is 0.274 e. The summed E-state index contributed by atoms with van der Waals surface area (Å²) in [5.41, 5.74) is 3.29. The second-order valence-corrected chi connectivity index (χ2v) is 8.37. The Labute approximate surface area is 167 Å². The Balaban J connectivity index is 1.39. The second-order valence-electron chi connectivity index (χ2n) is 8.37. The highest BCUT2D eigenvalue weighted by atomic mass is 16.2. The molecule has 4 rings (SSSR count). The Hall–Kier alpha value is -2.21. The molecule has 6 heteroatoms. The molecule has 1 unspecified atom stereocenters. The number of carbonyl (C=O) groups excluding carboxylic acids is 1. The quantitative estimate of drug-likeness (QED) is 0.825. The van der Waals surface area contributed by atoms with Crippen LogP contribution in [0.25, 0.3) is 5.69 Å². The molecule has 2 heterocycles. The van der Waals surface area contributed by atoms with Gasteiger partial charge in [-0.1, -0.05) is 43.0 Å². The predicted molar refractivity (Wildman–Crippen MR) is 110 cm³/mol. The summed E-state index contributed by atoms with van der Waals surface area (Å²) >= 11 is 0. The summed E-state index contributed by atoms with van der Waals surface area (Å²) in [6, 6.07) is 8.98. The number of amides is 1. The van der Waals surface area contributed by atoms with Gasteiger partial charge in [0.25, 0.3) is 5.91 Å². The normalized spacial score (nSPS) is 21.6. The highest BCUT2D eigenvalue weighted by molar-refractivity contribution is 5.93. The maximum absolute atomic E-state index is 12.8. The van der Waals surface area contributed by atoms with Gasteiger partial charge < -0.3 is 5.32 Å². The molecule has 1 saturated carbocycles. The van der Waals surface area contributed by atoms with Crippen molar-refractivity contribution in [3.05, 3.63) is 41.2 Å². The van der Waals surface area contributed by atoms with E-state index in [1.165, 1.54) is 38.5 Å². The summed E-state index contributed by atoms with van der Waals surface area (Å²) < 4.78 is 1.74. The molecule has 1 aromatic carbocycles. The van der Waals surface area contributed by atoms with Gasteiger partial charge in [0.05, 0.1) is 11.4 Å². The van der Waals surface area contributed by atoms with Gasteiger partial charge in [0, 0.05) is 25.2 Å². The molecule has 2 fully saturated rings. The van der Waals surface area contributed by atoms with E-state index in [0.717, 1.165) is 36.5 Å². The first-order valence-electron chi connectivity index (χ1n) is 10.7. The lowest BCUT2D eigenvalue weighted by molar-refractivity contribution is 0.0930. The lowest BCUT2D eigenvalue weighted by Crippen LogP contribution is -2.40. The number of nitrogens with zero attached hydrogens (tertiary/aromatic N) is 4. The predicted octanol–water partition coefficient (Wildman–Crippen LogP) is 3.41. The third-order valence-corrected chi connectivity index (χ3v) is 6.25. The lowest BCUT2D eigenvalue weighted by atomic mass is 10.1. The summed E-state index contributed by atoms with van der Waals surface area (Å²) in [6.07, 6.45) is 9.09. The number of carbonyl (C=O) groups is 1. The van der Waals surface area contributed by atoms with E-state index in [9.17, 15) is 4.79 Å². The van der Waals surface area contributed by atoms with Crippen LogP contribution in [0.5, 0.6) is 0 Å². The van der Waals surface area contributed by atoms with Crippen molar-refractivity contribution in [1.29, 1.82) is 0 Å². The molecule has 28 heavy (non-hydrogen) atoms. The van der Waals surface area contributed by atoms with Crippen LogP contribution < -0.4 is 5.32 Å². The molecule has 150 valence electrons. The molecule has 1 amide bonds. The fraction of sp³-hybridized carbons (Fsp3) is 0.591. The Morgan fingerprint density at radius 2 is 1.89 bits per heavy atom. The van der Waals surface area contributed by atoms with Gasteiger partial charge in [0.2, 0.25) is 0 Å². The largest absolute Gasteiger partial charge is 0.347 e. The molecule has 2 aliphatic rings. The molecular weight excluding hydrogens is 350 g/mol. The van der Waals surface area contributed by atoms with E-state index in [1.807, 2.05) is 38.1 Å². The Kier molecular flexibility index (Phi) is 5.76. The van der Waals surface area contributed by atoms with Crippen molar-refractivity contribution in [2.24, 2.45) is 0 Å². The Bertz CT molecular complexity index is 822. The first kappa shape index (κ1) is 19.1. The van der Waals surface area contributed by atoms with Crippen molar-refractivity contribution < 1.29 is 4.79 Å². The maximum atomic E-state index is 12.8. The van der Waals surface area contributed by atoms with Crippen molar-refractivity contribution in [2.45, 2.75) is 70.9 Å². The number of nitrogens with one attached hydrogen (secondary N) is 1. The SMILES string of the molecule is Cc1cccc(-n2nnc(C(=O)NC3CCN(C4CCCCCC4)C3)c2C)c1. The third-order valence-electron chi connectivity index (χ3n) is 6.25. The summed E-state index contributed by atoms with van der Waals surface area (Å²) in [6.45, 7) is 6.00. The van der Waals surface area contributed by atoms with Gasteiger partial charge in [0.1, 0.15) is 0 Å². The summed E-state index contributed by atoms with van der Waals surface area (Å²) in [7, 11) is 0. The van der Waals surface area contributed by atoms with E-state index in [2.05, 4.69) is 20.5 Å². The molecular formula is C22H31N5O. The molecule has 1 aliphatic heterocycles. The molecule has 0 radical (unpaired) electrons. The van der Waals surface area contributed by atoms with Crippen LogP contribution in [0, 0.1) is 13.8 Å². The highest BCUT2D eigenvalue weighted by Gasteiger charge is 2.30. The van der Waals surface area contributed by atoms with E-state index in [0.29, 0.717) is 11.7 Å². The average Bonchev–Trinajstić information content (AvgIpc) is 3.19. The number of aryl methyl sites for hydroxylation is 1. The van der Waals surface area contributed by atoms with Gasteiger partial charge in [-0.05, 0) is 50.8 Å². The number of likely N-dealkylation sites (tertiary alicyclic amines) is 1. The topological polar surface area (TPSA) is 63.1 Å². The first-order valence-corrected chi connectivity index (χ1v) is 10.7. The number of benzene rings is 1. The molecule has 1 aliphatic carbocycles. The van der Waals surface area contributed by atoms with Crippen LogP contribution >= 0.6 is 0 Å². The van der Waals surface area contributed by atoms with Gasteiger partial charge in [-0.25, -0.2) is 4.68 Å². The van der Waals surface area contributed by atoms with E-state index in [-0.39, 0.29) is 11.9 Å². The van der Waals surface area contributed by atoms with E-state index < -0.39 is 0 Å². The van der Waals surface area contributed by atoms with E-state index in [4.69, 9.17) is 0 Å². The number of hydrogen-bond donors (Lipinski definition) is 1. The molecule has 6 nitrogen and oxygen atoms in total. The van der Waals surface area contributed by atoms with Crippen LogP contribution in [0.1, 0.15) is 66.7 Å². The van der Waals surface area contributed by atoms with Crippen LogP contribution in [-0.4, -0.2) is 51.0 Å². The summed E-state index contributed by atoms with van der Waals surface area (Å²) in [5.74, 6) is -0.107. The zero-order chi connectivity index (χ0) is 19.5. The van der Waals surface area contributed by atoms with Crippen molar-refractivity contribution >= 4 is 5.91 Å². The summed E-state index contributed by atoms with van der Waals surface area (Å²) in [4.78, 5) is 15.4. The minimum Gasteiger partial charge on any atom is -0.347 e. The van der Waals surface area contributed by atoms with Crippen molar-refractivity contribution in [3.8, 4) is 5.69 Å². The van der Waals surface area contributed by atoms with Crippen LogP contribution in [0.2, 0.25) is 0 Å². The van der Waals surface area contributed by atoms with Gasteiger partial charge in [-0.3, -0.25) is 9.69 Å². The Morgan fingerprint density at radius 1 is 1.11 bits per heavy atom. The van der Waals surface area contributed by atoms with Crippen LogP contribution in [0.15, 0.2) is 24.3 Å². The molecule has 1 saturated heterocycles. The van der Waals surface area contributed by atoms with Gasteiger partial charge >= 0.3 is 0 Å². The smallest absolute Gasteiger partial charge is 0.274 e. The fourth-order valence-electron chi connectivity index (χ4n) is 4.66.